The third-order valence-corrected chi connectivity index (χ3v) is 6.77. The second-order valence-electron chi connectivity index (χ2n) is 9.06. The minimum atomic E-state index is -1.02. The molecule has 8 heteroatoms. The van der Waals surface area contributed by atoms with E-state index in [-0.39, 0.29) is 25.2 Å². The first-order valence-electron chi connectivity index (χ1n) is 12.3. The largest absolute Gasteiger partial charge is 0.493 e. The van der Waals surface area contributed by atoms with Gasteiger partial charge in [0.25, 0.3) is 0 Å². The third-order valence-electron chi connectivity index (χ3n) is 6.77. The number of carboxylic acids is 1. The first-order chi connectivity index (χ1) is 17.3. The predicted octanol–water partition coefficient (Wildman–Crippen LogP) is 3.23. The van der Waals surface area contributed by atoms with Crippen molar-refractivity contribution in [1.29, 1.82) is 0 Å². The average Bonchev–Trinajstić information content (AvgIpc) is 2.89. The van der Waals surface area contributed by atoms with E-state index in [0.717, 1.165) is 16.7 Å². The van der Waals surface area contributed by atoms with E-state index in [1.54, 1.807) is 19.9 Å². The normalized spacial score (nSPS) is 18.4. The molecule has 36 heavy (non-hydrogen) atoms. The summed E-state index contributed by atoms with van der Waals surface area (Å²) in [6.07, 6.45) is 1.57. The van der Waals surface area contributed by atoms with Gasteiger partial charge in [-0.3, -0.25) is 19.7 Å². The minimum Gasteiger partial charge on any atom is -0.493 e. The lowest BCUT2D eigenvalue weighted by molar-refractivity contribution is -0.149. The van der Waals surface area contributed by atoms with Crippen molar-refractivity contribution in [3.63, 3.8) is 0 Å². The summed E-state index contributed by atoms with van der Waals surface area (Å²) in [6.45, 7) is 3.65. The van der Waals surface area contributed by atoms with E-state index in [4.69, 9.17) is 14.2 Å². The van der Waals surface area contributed by atoms with Gasteiger partial charge in [-0.2, -0.15) is 0 Å². The maximum atomic E-state index is 13.6. The number of benzene rings is 2. The smallest absolute Gasteiger partial charge is 0.323 e. The Morgan fingerprint density at radius 2 is 1.58 bits per heavy atom. The highest BCUT2D eigenvalue weighted by Gasteiger charge is 2.40. The zero-order valence-corrected chi connectivity index (χ0v) is 21.3. The Morgan fingerprint density at radius 1 is 1.00 bits per heavy atom. The Bertz CT molecular complexity index is 1070. The number of methoxy groups -OCH3 is 2. The quantitative estimate of drug-likeness (QED) is 0.430. The fraction of sp³-hybridized carbons (Fsp3) is 0.464. The number of hydrogen-bond donors (Lipinski definition) is 2. The van der Waals surface area contributed by atoms with E-state index >= 15 is 0 Å². The van der Waals surface area contributed by atoms with E-state index in [9.17, 15) is 19.5 Å². The summed E-state index contributed by atoms with van der Waals surface area (Å²) in [5.74, 6) is -2.25. The van der Waals surface area contributed by atoms with E-state index < -0.39 is 35.9 Å². The summed E-state index contributed by atoms with van der Waals surface area (Å²) in [6, 6.07) is 11.9. The Kier molecular flexibility index (Phi) is 9.47. The third kappa shape index (κ3) is 6.43. The van der Waals surface area contributed by atoms with Crippen LogP contribution in [-0.4, -0.2) is 55.7 Å². The van der Waals surface area contributed by atoms with E-state index in [1.165, 1.54) is 14.2 Å². The zero-order chi connectivity index (χ0) is 26.2. The summed E-state index contributed by atoms with van der Waals surface area (Å²) in [7, 11) is 3.06. The van der Waals surface area contributed by atoms with Crippen LogP contribution in [0.15, 0.2) is 42.5 Å². The Labute approximate surface area is 211 Å². The molecule has 194 valence electrons. The molecule has 1 aliphatic carbocycles. The van der Waals surface area contributed by atoms with Gasteiger partial charge in [0.15, 0.2) is 17.3 Å². The lowest BCUT2D eigenvalue weighted by atomic mass is 9.72. The van der Waals surface area contributed by atoms with Crippen molar-refractivity contribution in [1.82, 2.24) is 5.32 Å². The lowest BCUT2D eigenvalue weighted by Crippen LogP contribution is -2.50. The van der Waals surface area contributed by atoms with Crippen LogP contribution in [0.3, 0.4) is 0 Å². The van der Waals surface area contributed by atoms with Crippen molar-refractivity contribution in [2.75, 3.05) is 20.8 Å². The van der Waals surface area contributed by atoms with Crippen molar-refractivity contribution in [3.05, 3.63) is 59.2 Å². The molecule has 0 saturated carbocycles. The number of fused-ring (bicyclic) bond motifs is 1. The molecular weight excluding hydrogens is 462 g/mol. The first kappa shape index (κ1) is 27.2. The number of carbonyl (C=O) groups is 3. The molecule has 0 fully saturated rings. The number of carbonyl (C=O) groups excluding carboxylic acids is 2. The van der Waals surface area contributed by atoms with Gasteiger partial charge in [0.05, 0.1) is 32.8 Å². The topological polar surface area (TPSA) is 111 Å². The van der Waals surface area contributed by atoms with Gasteiger partial charge in [-0.05, 0) is 68.4 Å². The minimum absolute atomic E-state index is 0.212. The molecule has 0 amide bonds. The van der Waals surface area contributed by atoms with Gasteiger partial charge in [-0.1, -0.05) is 30.3 Å². The second-order valence-corrected chi connectivity index (χ2v) is 9.06. The van der Waals surface area contributed by atoms with Crippen LogP contribution in [0.25, 0.3) is 0 Å². The highest BCUT2D eigenvalue weighted by atomic mass is 16.5. The van der Waals surface area contributed by atoms with Crippen LogP contribution in [0.1, 0.15) is 37.0 Å². The predicted molar refractivity (Wildman–Crippen MR) is 134 cm³/mol. The molecule has 0 radical (unpaired) electrons. The number of hydrogen-bond acceptors (Lipinski definition) is 7. The van der Waals surface area contributed by atoms with Crippen molar-refractivity contribution in [2.24, 2.45) is 11.8 Å². The Morgan fingerprint density at radius 3 is 2.11 bits per heavy atom. The summed E-state index contributed by atoms with van der Waals surface area (Å²) in [5, 5.41) is 13.1. The number of ketones is 1. The molecule has 2 unspecified atom stereocenters. The molecule has 1 aliphatic rings. The van der Waals surface area contributed by atoms with Gasteiger partial charge in [0.1, 0.15) is 6.04 Å². The van der Waals surface area contributed by atoms with Gasteiger partial charge in [-0.15, -0.1) is 0 Å². The molecule has 0 bridgehead atoms. The van der Waals surface area contributed by atoms with E-state index in [1.807, 2.05) is 36.4 Å². The van der Waals surface area contributed by atoms with Gasteiger partial charge < -0.3 is 19.3 Å². The number of aryl methyl sites for hydroxylation is 1. The number of Topliss-reactive ketones (excluding diaryl/α,β-unsaturated/α-hetero) is 1. The van der Waals surface area contributed by atoms with E-state index in [2.05, 4.69) is 5.32 Å². The number of esters is 1. The second kappa shape index (κ2) is 12.5. The molecule has 0 spiro atoms. The van der Waals surface area contributed by atoms with Crippen LogP contribution in [0.2, 0.25) is 0 Å². The van der Waals surface area contributed by atoms with Crippen LogP contribution in [0.4, 0.5) is 0 Å². The fourth-order valence-corrected chi connectivity index (χ4v) is 4.83. The van der Waals surface area contributed by atoms with Gasteiger partial charge in [0.2, 0.25) is 0 Å². The SMILES string of the molecule is CCOC(=O)[C@H](CCc1ccccc1)N[C@H](C)C(=O)C1Cc2cc(OC)c(OC)cc2CC1C(=O)O. The number of carboxylic acid groups (broad SMARTS) is 1. The summed E-state index contributed by atoms with van der Waals surface area (Å²) < 4.78 is 16.0. The number of ether oxygens (including phenoxy) is 3. The van der Waals surface area contributed by atoms with Crippen molar-refractivity contribution in [3.8, 4) is 11.5 Å². The van der Waals surface area contributed by atoms with E-state index in [0.29, 0.717) is 24.3 Å². The van der Waals surface area contributed by atoms with Gasteiger partial charge in [0, 0.05) is 5.92 Å². The fourth-order valence-electron chi connectivity index (χ4n) is 4.83. The van der Waals surface area contributed by atoms with Gasteiger partial charge in [-0.25, -0.2) is 0 Å². The van der Waals surface area contributed by atoms with Crippen LogP contribution >= 0.6 is 0 Å². The average molecular weight is 498 g/mol. The number of nitrogens with one attached hydrogen (secondary N) is 1. The summed E-state index contributed by atoms with van der Waals surface area (Å²) >= 11 is 0. The number of aliphatic carboxylic acids is 1. The van der Waals surface area contributed by atoms with Crippen LogP contribution in [0.5, 0.6) is 11.5 Å². The van der Waals surface area contributed by atoms with Gasteiger partial charge >= 0.3 is 11.9 Å². The summed E-state index contributed by atoms with van der Waals surface area (Å²) in [4.78, 5) is 38.4. The molecule has 4 atom stereocenters. The molecule has 3 rings (SSSR count). The molecular formula is C28H35NO7. The molecule has 0 aromatic heterocycles. The Hall–Kier alpha value is -3.39. The monoisotopic (exact) mass is 497 g/mol. The van der Waals surface area contributed by atoms with Crippen LogP contribution < -0.4 is 14.8 Å². The first-order valence-corrected chi connectivity index (χ1v) is 12.3. The molecule has 0 heterocycles. The molecule has 2 aromatic carbocycles. The molecule has 2 N–H and O–H groups in total. The molecule has 0 aliphatic heterocycles. The highest BCUT2D eigenvalue weighted by Crippen LogP contribution is 2.38. The van der Waals surface area contributed by atoms with Crippen molar-refractivity contribution < 1.29 is 33.7 Å². The van der Waals surface area contributed by atoms with Crippen LogP contribution in [0, 0.1) is 11.8 Å². The standard InChI is InChI=1S/C28H35NO7/c1-5-36-28(33)23(12-11-18-9-7-6-8-10-18)29-17(2)26(30)21-13-19-15-24(34-3)25(35-4)16-20(19)14-22(21)27(31)32/h6-10,15-17,21-23,29H,5,11-14H2,1-4H3,(H,31,32)/t17-,21?,22?,23+/m1/s1. The van der Waals surface area contributed by atoms with Crippen molar-refractivity contribution in [2.45, 2.75) is 51.6 Å². The maximum Gasteiger partial charge on any atom is 0.323 e. The summed E-state index contributed by atoms with van der Waals surface area (Å²) in [5.41, 5.74) is 2.77. The molecule has 8 nitrogen and oxygen atoms in total. The highest BCUT2D eigenvalue weighted by molar-refractivity contribution is 5.91. The number of rotatable bonds is 12. The Balaban J connectivity index is 1.79. The van der Waals surface area contributed by atoms with Crippen molar-refractivity contribution >= 4 is 17.7 Å². The maximum absolute atomic E-state index is 13.6. The zero-order valence-electron chi connectivity index (χ0n) is 21.3. The lowest BCUT2D eigenvalue weighted by Gasteiger charge is -2.32. The molecule has 0 saturated heterocycles. The van der Waals surface area contributed by atoms with Crippen LogP contribution in [-0.2, 0) is 38.4 Å². The molecule has 2 aromatic rings.